The number of rotatable bonds is 6. The number of hydrogen-bond donors (Lipinski definition) is 4. The molecule has 8 nitrogen and oxygen atoms in total. The minimum Gasteiger partial charge on any atom is -0.396 e. The number of anilines is 2. The number of nitrogens with two attached hydrogens (primary N) is 1. The van der Waals surface area contributed by atoms with E-state index >= 15 is 8.78 Å². The first-order chi connectivity index (χ1) is 16.3. The first-order valence-electron chi connectivity index (χ1n) is 11.3. The summed E-state index contributed by atoms with van der Waals surface area (Å²) >= 11 is 1.26. The highest BCUT2D eigenvalue weighted by Crippen LogP contribution is 2.35. The topological polar surface area (TPSA) is 109 Å². The van der Waals surface area contributed by atoms with Crippen LogP contribution in [0, 0.1) is 18.6 Å². The van der Waals surface area contributed by atoms with Gasteiger partial charge in [-0.1, -0.05) is 6.92 Å². The standard InChI is InChI=1S/C23H28F2N6O2S/c1-11(5-29-22(32)21-19(26)20-23(34-21)30-12(2)6-28-20)15-3-17(25)18(4-16(15)24)31-9-13-7-27-8-14(10-31)33-13/h3-4,6,11,13-14,22,27,29,32H,5,7-10,26H2,1-2H3/t11-,13?,14?,22?/m0/s1. The zero-order valence-corrected chi connectivity index (χ0v) is 19.8. The molecule has 3 aromatic rings. The van der Waals surface area contributed by atoms with Gasteiger partial charge in [-0.2, -0.15) is 0 Å². The van der Waals surface area contributed by atoms with Gasteiger partial charge in [-0.3, -0.25) is 5.32 Å². The second kappa shape index (κ2) is 9.31. The van der Waals surface area contributed by atoms with Crippen molar-refractivity contribution >= 4 is 33.1 Å². The number of aryl methyl sites for hydroxylation is 1. The monoisotopic (exact) mass is 490 g/mol. The van der Waals surface area contributed by atoms with E-state index in [2.05, 4.69) is 20.6 Å². The van der Waals surface area contributed by atoms with Crippen LogP contribution in [-0.4, -0.2) is 60.0 Å². The Balaban J connectivity index is 1.28. The molecular formula is C23H28F2N6O2S. The van der Waals surface area contributed by atoms with Gasteiger partial charge in [-0.05, 0) is 24.5 Å². The molecule has 11 heteroatoms. The van der Waals surface area contributed by atoms with E-state index in [0.717, 1.165) is 5.69 Å². The van der Waals surface area contributed by atoms with Gasteiger partial charge in [0.1, 0.15) is 28.2 Å². The molecule has 0 saturated carbocycles. The smallest absolute Gasteiger partial charge is 0.146 e. The molecule has 0 aliphatic carbocycles. The molecule has 0 amide bonds. The Morgan fingerprint density at radius 1 is 1.29 bits per heavy atom. The van der Waals surface area contributed by atoms with Gasteiger partial charge in [0.25, 0.3) is 0 Å². The van der Waals surface area contributed by atoms with E-state index in [-0.39, 0.29) is 35.9 Å². The third-order valence-electron chi connectivity index (χ3n) is 6.37. The number of aromatic nitrogens is 2. The van der Waals surface area contributed by atoms with Crippen molar-refractivity contribution in [3.63, 3.8) is 0 Å². The summed E-state index contributed by atoms with van der Waals surface area (Å²) < 4.78 is 36.0. The Morgan fingerprint density at radius 3 is 2.76 bits per heavy atom. The molecule has 4 atom stereocenters. The maximum atomic E-state index is 15.1. The summed E-state index contributed by atoms with van der Waals surface area (Å²) in [5.41, 5.74) is 8.34. The number of nitrogen functional groups attached to an aromatic ring is 1. The van der Waals surface area contributed by atoms with Crippen LogP contribution in [0.3, 0.4) is 0 Å². The summed E-state index contributed by atoms with van der Waals surface area (Å²) in [6.07, 6.45) is 0.486. The molecular weight excluding hydrogens is 462 g/mol. The summed E-state index contributed by atoms with van der Waals surface area (Å²) in [6.45, 7) is 6.27. The van der Waals surface area contributed by atoms with Crippen LogP contribution < -0.4 is 21.3 Å². The molecule has 1 aromatic carbocycles. The van der Waals surface area contributed by atoms with E-state index in [0.29, 0.717) is 47.1 Å². The van der Waals surface area contributed by atoms with E-state index in [9.17, 15) is 5.11 Å². The van der Waals surface area contributed by atoms with Crippen LogP contribution >= 0.6 is 11.3 Å². The number of aliphatic hydroxyl groups is 1. The van der Waals surface area contributed by atoms with Crippen molar-refractivity contribution in [2.24, 2.45) is 0 Å². The van der Waals surface area contributed by atoms with Gasteiger partial charge in [0.2, 0.25) is 0 Å². The van der Waals surface area contributed by atoms with Gasteiger partial charge in [-0.25, -0.2) is 18.7 Å². The Labute approximate surface area is 200 Å². The van der Waals surface area contributed by atoms with Gasteiger partial charge < -0.3 is 25.8 Å². The molecule has 2 saturated heterocycles. The predicted molar refractivity (Wildman–Crippen MR) is 128 cm³/mol. The number of thiophene rings is 1. The fourth-order valence-corrected chi connectivity index (χ4v) is 5.66. The Kier molecular flexibility index (Phi) is 6.38. The fraction of sp³-hybridized carbons (Fsp3) is 0.478. The third-order valence-corrected chi connectivity index (χ3v) is 7.51. The number of halogens is 2. The summed E-state index contributed by atoms with van der Waals surface area (Å²) in [7, 11) is 0. The van der Waals surface area contributed by atoms with Crippen molar-refractivity contribution in [2.45, 2.75) is 38.2 Å². The van der Waals surface area contributed by atoms with E-state index in [1.54, 1.807) is 13.1 Å². The van der Waals surface area contributed by atoms with Crippen molar-refractivity contribution in [3.8, 4) is 0 Å². The third kappa shape index (κ3) is 4.46. The normalized spacial score (nSPS) is 22.2. The molecule has 5 rings (SSSR count). The zero-order valence-electron chi connectivity index (χ0n) is 19.0. The largest absolute Gasteiger partial charge is 0.396 e. The Morgan fingerprint density at radius 2 is 2.03 bits per heavy atom. The zero-order chi connectivity index (χ0) is 24.0. The van der Waals surface area contributed by atoms with E-state index < -0.39 is 17.9 Å². The molecule has 2 aliphatic heterocycles. The van der Waals surface area contributed by atoms with Crippen LogP contribution in [-0.2, 0) is 4.74 Å². The van der Waals surface area contributed by atoms with Gasteiger partial charge >= 0.3 is 0 Å². The lowest BCUT2D eigenvalue weighted by molar-refractivity contribution is -0.0485. The molecule has 2 aliphatic rings. The average molecular weight is 491 g/mol. The lowest BCUT2D eigenvalue weighted by Crippen LogP contribution is -2.58. The van der Waals surface area contributed by atoms with Crippen molar-refractivity contribution in [3.05, 3.63) is 46.1 Å². The van der Waals surface area contributed by atoms with Crippen LogP contribution in [0.25, 0.3) is 10.3 Å². The molecule has 3 unspecified atom stereocenters. The van der Waals surface area contributed by atoms with E-state index in [1.165, 1.54) is 23.5 Å². The summed E-state index contributed by atoms with van der Waals surface area (Å²) in [5.74, 6) is -1.32. The summed E-state index contributed by atoms with van der Waals surface area (Å²) in [6, 6.07) is 2.53. The van der Waals surface area contributed by atoms with Crippen LogP contribution in [0.2, 0.25) is 0 Å². The van der Waals surface area contributed by atoms with E-state index in [4.69, 9.17) is 10.5 Å². The van der Waals surface area contributed by atoms with Gasteiger partial charge in [-0.15, -0.1) is 11.3 Å². The van der Waals surface area contributed by atoms with Crippen molar-refractivity contribution in [1.29, 1.82) is 0 Å². The summed E-state index contributed by atoms with van der Waals surface area (Å²) in [5, 5.41) is 16.9. The number of aliphatic hydroxyl groups excluding tert-OH is 1. The highest BCUT2D eigenvalue weighted by molar-refractivity contribution is 7.19. The maximum Gasteiger partial charge on any atom is 0.146 e. The van der Waals surface area contributed by atoms with E-state index in [1.807, 2.05) is 11.8 Å². The number of fused-ring (bicyclic) bond motifs is 3. The quantitative estimate of drug-likeness (QED) is 0.390. The number of hydrogen-bond acceptors (Lipinski definition) is 9. The lowest BCUT2D eigenvalue weighted by atomic mass is 9.99. The molecule has 0 radical (unpaired) electrons. The number of benzene rings is 1. The molecule has 5 N–H and O–H groups in total. The van der Waals surface area contributed by atoms with Crippen LogP contribution in [0.1, 0.15) is 35.2 Å². The first-order valence-corrected chi connectivity index (χ1v) is 12.1. The summed E-state index contributed by atoms with van der Waals surface area (Å²) in [4.78, 5) is 11.7. The number of nitrogens with zero attached hydrogens (tertiary/aromatic N) is 3. The van der Waals surface area contributed by atoms with Gasteiger partial charge in [0.15, 0.2) is 0 Å². The lowest BCUT2D eigenvalue weighted by Gasteiger charge is -2.43. The molecule has 0 spiro atoms. The first kappa shape index (κ1) is 23.3. The predicted octanol–water partition coefficient (Wildman–Crippen LogP) is 2.42. The highest BCUT2D eigenvalue weighted by atomic mass is 32.1. The molecule has 34 heavy (non-hydrogen) atoms. The van der Waals surface area contributed by atoms with Crippen LogP contribution in [0.4, 0.5) is 20.2 Å². The van der Waals surface area contributed by atoms with Crippen LogP contribution in [0.5, 0.6) is 0 Å². The van der Waals surface area contributed by atoms with Gasteiger partial charge in [0.05, 0.1) is 34.2 Å². The second-order valence-corrected chi connectivity index (χ2v) is 10.1. The number of ether oxygens (including phenoxy) is 1. The minimum atomic E-state index is -1.07. The SMILES string of the molecule is Cc1cnc2c(N)c(C(O)NC[C@H](C)c3cc(F)c(N4CC5CNCC(C4)O5)cc3F)sc2n1. The minimum absolute atomic E-state index is 0.0325. The van der Waals surface area contributed by atoms with Gasteiger partial charge in [0, 0.05) is 45.0 Å². The molecule has 2 bridgehead atoms. The van der Waals surface area contributed by atoms with Crippen LogP contribution in [0.15, 0.2) is 18.3 Å². The highest BCUT2D eigenvalue weighted by Gasteiger charge is 2.32. The number of morpholine rings is 2. The average Bonchev–Trinajstić information content (AvgIpc) is 3.13. The maximum absolute atomic E-state index is 15.1. The molecule has 2 aromatic heterocycles. The van der Waals surface area contributed by atoms with Crippen molar-refractivity contribution < 1.29 is 18.6 Å². The molecule has 182 valence electrons. The Bertz CT molecular complexity index is 1200. The molecule has 2 fully saturated rings. The number of nitrogens with one attached hydrogen (secondary N) is 2. The Hall–Kier alpha value is -2.44. The van der Waals surface area contributed by atoms with Crippen molar-refractivity contribution in [2.75, 3.05) is 43.4 Å². The second-order valence-electron chi connectivity index (χ2n) is 9.03. The fourth-order valence-electron chi connectivity index (χ4n) is 4.60. The van der Waals surface area contributed by atoms with Crippen molar-refractivity contribution in [1.82, 2.24) is 20.6 Å². The molecule has 4 heterocycles.